The molecule has 5 nitrogen and oxygen atoms in total. The van der Waals surface area contributed by atoms with Crippen LogP contribution in [0.2, 0.25) is 0 Å². The number of nitrogens with one attached hydrogen (secondary N) is 1. The maximum atomic E-state index is 12.5. The predicted octanol–water partition coefficient (Wildman–Crippen LogP) is 3.40. The summed E-state index contributed by atoms with van der Waals surface area (Å²) in [5.41, 5.74) is 3.01. The van der Waals surface area contributed by atoms with Crippen molar-refractivity contribution in [1.29, 1.82) is 0 Å². The van der Waals surface area contributed by atoms with Crippen LogP contribution in [0.1, 0.15) is 24.0 Å². The highest BCUT2D eigenvalue weighted by Gasteiger charge is 2.32. The summed E-state index contributed by atoms with van der Waals surface area (Å²) in [7, 11) is -3.42. The van der Waals surface area contributed by atoms with Crippen LogP contribution in [0.15, 0.2) is 39.9 Å². The lowest BCUT2D eigenvalue weighted by Gasteiger charge is -2.30. The lowest BCUT2D eigenvalue weighted by Crippen LogP contribution is -2.41. The minimum Gasteiger partial charge on any atom is -0.326 e. The lowest BCUT2D eigenvalue weighted by atomic mass is 9.97. The fraction of sp³-hybridized carbons (Fsp3) is 0.389. The van der Waals surface area contributed by atoms with Gasteiger partial charge in [-0.05, 0) is 49.8 Å². The number of benzene rings is 1. The molecule has 0 radical (unpaired) electrons. The van der Waals surface area contributed by atoms with Crippen LogP contribution in [0.25, 0.3) is 0 Å². The molecule has 1 N–H and O–H groups in total. The molecular weight excluding hydrogens is 356 g/mol. The number of amides is 1. The van der Waals surface area contributed by atoms with Gasteiger partial charge in [0.05, 0.1) is 0 Å². The third-order valence-corrected chi connectivity index (χ3v) is 7.83. The standard InChI is InChI=1S/C18H22N2O3S2/c1-13-5-6-16(14(2)12-13)19-18(21)15-7-9-20(10-8-15)25(22,23)17-4-3-11-24-17/h3-6,11-12,15H,7-10H2,1-2H3,(H,19,21). The van der Waals surface area contributed by atoms with Crippen molar-refractivity contribution in [3.05, 3.63) is 46.8 Å². The number of aryl methyl sites for hydroxylation is 2. The van der Waals surface area contributed by atoms with Gasteiger partial charge in [-0.1, -0.05) is 23.8 Å². The Balaban J connectivity index is 1.61. The number of thiophene rings is 1. The second kappa shape index (κ2) is 7.27. The van der Waals surface area contributed by atoms with Gasteiger partial charge in [0.25, 0.3) is 10.0 Å². The first-order valence-corrected chi connectivity index (χ1v) is 10.6. The number of piperidine rings is 1. The topological polar surface area (TPSA) is 66.5 Å². The van der Waals surface area contributed by atoms with Gasteiger partial charge in [0, 0.05) is 24.7 Å². The van der Waals surface area contributed by atoms with E-state index in [9.17, 15) is 13.2 Å². The van der Waals surface area contributed by atoms with Gasteiger partial charge in [-0.15, -0.1) is 11.3 Å². The third-order valence-electron chi connectivity index (χ3n) is 4.55. The molecule has 0 saturated carbocycles. The first kappa shape index (κ1) is 18.1. The molecular formula is C18H22N2O3S2. The van der Waals surface area contributed by atoms with Crippen molar-refractivity contribution in [2.75, 3.05) is 18.4 Å². The number of rotatable bonds is 4. The molecule has 1 aliphatic rings. The molecule has 0 bridgehead atoms. The molecule has 1 aromatic carbocycles. The Bertz CT molecular complexity index is 852. The highest BCUT2D eigenvalue weighted by atomic mass is 32.2. The summed E-state index contributed by atoms with van der Waals surface area (Å²) < 4.78 is 26.9. The highest BCUT2D eigenvalue weighted by Crippen LogP contribution is 2.27. The number of hydrogen-bond acceptors (Lipinski definition) is 4. The zero-order chi connectivity index (χ0) is 18.0. The molecule has 1 saturated heterocycles. The van der Waals surface area contributed by atoms with Crippen LogP contribution >= 0.6 is 11.3 Å². The van der Waals surface area contributed by atoms with Crippen LogP contribution in [0.4, 0.5) is 5.69 Å². The molecule has 25 heavy (non-hydrogen) atoms. The first-order chi connectivity index (χ1) is 11.9. The van der Waals surface area contributed by atoms with E-state index < -0.39 is 10.0 Å². The second-order valence-electron chi connectivity index (χ2n) is 6.42. The Morgan fingerprint density at radius 2 is 1.92 bits per heavy atom. The molecule has 134 valence electrons. The van der Waals surface area contributed by atoms with Gasteiger partial charge in [0.15, 0.2) is 0 Å². The Morgan fingerprint density at radius 1 is 1.20 bits per heavy atom. The summed E-state index contributed by atoms with van der Waals surface area (Å²) >= 11 is 1.23. The summed E-state index contributed by atoms with van der Waals surface area (Å²) in [6.07, 6.45) is 1.09. The number of hydrogen-bond donors (Lipinski definition) is 1. The van der Waals surface area contributed by atoms with E-state index in [0.717, 1.165) is 16.8 Å². The van der Waals surface area contributed by atoms with Crippen LogP contribution in [-0.2, 0) is 14.8 Å². The molecule has 1 aliphatic heterocycles. The van der Waals surface area contributed by atoms with Crippen molar-refractivity contribution in [3.63, 3.8) is 0 Å². The molecule has 0 atom stereocenters. The molecule has 1 fully saturated rings. The minimum absolute atomic E-state index is 0.0277. The fourth-order valence-electron chi connectivity index (χ4n) is 3.08. The molecule has 2 heterocycles. The summed E-state index contributed by atoms with van der Waals surface area (Å²) in [6.45, 7) is 4.75. The maximum absolute atomic E-state index is 12.5. The van der Waals surface area contributed by atoms with Crippen molar-refractivity contribution in [2.24, 2.45) is 5.92 Å². The van der Waals surface area contributed by atoms with Crippen molar-refractivity contribution in [2.45, 2.75) is 30.9 Å². The van der Waals surface area contributed by atoms with Gasteiger partial charge in [0.1, 0.15) is 4.21 Å². The van der Waals surface area contributed by atoms with Gasteiger partial charge in [-0.25, -0.2) is 8.42 Å². The first-order valence-electron chi connectivity index (χ1n) is 8.29. The van der Waals surface area contributed by atoms with Gasteiger partial charge in [-0.3, -0.25) is 4.79 Å². The summed E-state index contributed by atoms with van der Waals surface area (Å²) in [4.78, 5) is 12.5. The van der Waals surface area contributed by atoms with Gasteiger partial charge < -0.3 is 5.32 Å². The molecule has 1 amide bonds. The SMILES string of the molecule is Cc1ccc(NC(=O)C2CCN(S(=O)(=O)c3cccs3)CC2)c(C)c1. The van der Waals surface area contributed by atoms with Crippen LogP contribution in [-0.4, -0.2) is 31.7 Å². The number of carbonyl (C=O) groups excluding carboxylic acids is 1. The van der Waals surface area contributed by atoms with E-state index in [1.54, 1.807) is 17.5 Å². The molecule has 1 aromatic heterocycles. The summed E-state index contributed by atoms with van der Waals surface area (Å²) in [6, 6.07) is 9.28. The van der Waals surface area contributed by atoms with Crippen LogP contribution < -0.4 is 5.32 Å². The number of nitrogens with zero attached hydrogens (tertiary/aromatic N) is 1. The zero-order valence-corrected chi connectivity index (χ0v) is 16.0. The largest absolute Gasteiger partial charge is 0.326 e. The number of anilines is 1. The number of carbonyl (C=O) groups is 1. The fourth-order valence-corrected chi connectivity index (χ4v) is 5.70. The van der Waals surface area contributed by atoms with E-state index >= 15 is 0 Å². The normalized spacial score (nSPS) is 16.7. The average molecular weight is 379 g/mol. The van der Waals surface area contributed by atoms with E-state index in [1.807, 2.05) is 32.0 Å². The zero-order valence-electron chi connectivity index (χ0n) is 14.4. The van der Waals surface area contributed by atoms with Crippen molar-refractivity contribution in [1.82, 2.24) is 4.31 Å². The minimum atomic E-state index is -3.42. The highest BCUT2D eigenvalue weighted by molar-refractivity contribution is 7.91. The molecule has 0 aliphatic carbocycles. The van der Waals surface area contributed by atoms with E-state index in [2.05, 4.69) is 5.32 Å². The van der Waals surface area contributed by atoms with E-state index in [4.69, 9.17) is 0 Å². The van der Waals surface area contributed by atoms with Gasteiger partial charge in [-0.2, -0.15) is 4.31 Å². The third kappa shape index (κ3) is 3.94. The maximum Gasteiger partial charge on any atom is 0.252 e. The van der Waals surface area contributed by atoms with E-state index in [0.29, 0.717) is 30.1 Å². The molecule has 0 spiro atoms. The predicted molar refractivity (Wildman–Crippen MR) is 100 cm³/mol. The van der Waals surface area contributed by atoms with Crippen LogP contribution in [0, 0.1) is 19.8 Å². The number of sulfonamides is 1. The van der Waals surface area contributed by atoms with Gasteiger partial charge in [0.2, 0.25) is 5.91 Å². The quantitative estimate of drug-likeness (QED) is 0.887. The molecule has 2 aromatic rings. The van der Waals surface area contributed by atoms with Crippen molar-refractivity contribution in [3.8, 4) is 0 Å². The Morgan fingerprint density at radius 3 is 2.52 bits per heavy atom. The Kier molecular flexibility index (Phi) is 5.27. The smallest absolute Gasteiger partial charge is 0.252 e. The van der Waals surface area contributed by atoms with Crippen LogP contribution in [0.5, 0.6) is 0 Å². The van der Waals surface area contributed by atoms with Crippen LogP contribution in [0.3, 0.4) is 0 Å². The van der Waals surface area contributed by atoms with E-state index in [1.165, 1.54) is 15.6 Å². The average Bonchev–Trinajstić information content (AvgIpc) is 3.13. The van der Waals surface area contributed by atoms with Gasteiger partial charge >= 0.3 is 0 Å². The van der Waals surface area contributed by atoms with Crippen molar-refractivity contribution < 1.29 is 13.2 Å². The second-order valence-corrected chi connectivity index (χ2v) is 9.53. The Labute approximate surface area is 152 Å². The molecule has 0 unspecified atom stereocenters. The monoisotopic (exact) mass is 378 g/mol. The van der Waals surface area contributed by atoms with E-state index in [-0.39, 0.29) is 11.8 Å². The molecule has 3 rings (SSSR count). The summed E-state index contributed by atoms with van der Waals surface area (Å²) in [5, 5.41) is 4.74. The van der Waals surface area contributed by atoms with Crippen molar-refractivity contribution >= 4 is 33.0 Å². The lowest BCUT2D eigenvalue weighted by molar-refractivity contribution is -0.120. The summed E-state index contributed by atoms with van der Waals surface area (Å²) in [5.74, 6) is -0.185. The molecule has 7 heteroatoms. The Hall–Kier alpha value is -1.70.